The van der Waals surface area contributed by atoms with Crippen molar-refractivity contribution >= 4 is 5.69 Å². The molecule has 144 valence electrons. The minimum absolute atomic E-state index is 0. The van der Waals surface area contributed by atoms with E-state index >= 15 is 0 Å². The normalized spacial score (nSPS) is 10.8. The summed E-state index contributed by atoms with van der Waals surface area (Å²) in [6.07, 6.45) is 3.54. The molecule has 4 aromatic rings. The largest absolute Gasteiger partial charge is 2.00 e. The number of rotatable bonds is 4. The average Bonchev–Trinajstić information content (AvgIpc) is 3.30. The second kappa shape index (κ2) is 8.55. The molecule has 0 aliphatic carbocycles. The Hall–Kier alpha value is -3.02. The van der Waals surface area contributed by atoms with Crippen LogP contribution in [0.1, 0.15) is 25.1 Å². The second-order valence-corrected chi connectivity index (χ2v) is 7.05. The molecule has 3 heterocycles. The van der Waals surface area contributed by atoms with Gasteiger partial charge >= 0.3 is 21.1 Å². The molecule has 0 fully saturated rings. The van der Waals surface area contributed by atoms with Crippen LogP contribution in [0.2, 0.25) is 0 Å². The van der Waals surface area contributed by atoms with Crippen LogP contribution in [0.25, 0.3) is 27.5 Å². The van der Waals surface area contributed by atoms with Crippen LogP contribution in [0.5, 0.6) is 0 Å². The zero-order valence-corrected chi connectivity index (χ0v) is 18.3. The van der Waals surface area contributed by atoms with Gasteiger partial charge in [0.2, 0.25) is 0 Å². The summed E-state index contributed by atoms with van der Waals surface area (Å²) in [5.41, 5.74) is 5.23. The van der Waals surface area contributed by atoms with Gasteiger partial charge in [-0.05, 0) is 29.3 Å². The van der Waals surface area contributed by atoms with Crippen LogP contribution in [0.15, 0.2) is 73.1 Å². The average molecular weight is 558 g/mol. The molecule has 0 amide bonds. The zero-order chi connectivity index (χ0) is 19.6. The summed E-state index contributed by atoms with van der Waals surface area (Å²) < 4.78 is 0. The molecule has 0 radical (unpaired) electrons. The molecule has 3 aromatic heterocycles. The van der Waals surface area contributed by atoms with Gasteiger partial charge in [0.15, 0.2) is 0 Å². The Morgan fingerprint density at radius 2 is 1.76 bits per heavy atom. The molecular formula is C24H18N4Pt. The van der Waals surface area contributed by atoms with Crippen molar-refractivity contribution in [2.75, 3.05) is 0 Å². The summed E-state index contributed by atoms with van der Waals surface area (Å²) in [4.78, 5) is 17.3. The van der Waals surface area contributed by atoms with Crippen molar-refractivity contribution in [1.29, 1.82) is 0 Å². The van der Waals surface area contributed by atoms with E-state index in [-0.39, 0.29) is 26.5 Å². The van der Waals surface area contributed by atoms with Gasteiger partial charge in [0.1, 0.15) is 5.69 Å². The zero-order valence-electron chi connectivity index (χ0n) is 16.0. The molecule has 1 aromatic carbocycles. The number of aromatic nitrogens is 3. The maximum absolute atomic E-state index is 7.52. The van der Waals surface area contributed by atoms with Crippen LogP contribution < -0.4 is 4.98 Å². The van der Waals surface area contributed by atoms with E-state index in [1.165, 1.54) is 0 Å². The van der Waals surface area contributed by atoms with Crippen molar-refractivity contribution in [3.63, 3.8) is 0 Å². The van der Waals surface area contributed by atoms with Crippen molar-refractivity contribution in [1.82, 2.24) is 15.0 Å². The van der Waals surface area contributed by atoms with E-state index in [0.29, 0.717) is 5.69 Å². The van der Waals surface area contributed by atoms with Crippen molar-refractivity contribution < 1.29 is 21.1 Å². The summed E-state index contributed by atoms with van der Waals surface area (Å²) in [7, 11) is 0. The minimum atomic E-state index is -0.364. The van der Waals surface area contributed by atoms with Gasteiger partial charge in [0, 0.05) is 6.20 Å². The molecule has 29 heavy (non-hydrogen) atoms. The first-order valence-electron chi connectivity index (χ1n) is 9.00. The number of nitrogens with zero attached hydrogens (tertiary/aromatic N) is 4. The Labute approximate surface area is 185 Å². The fourth-order valence-electron chi connectivity index (χ4n) is 3.14. The molecule has 0 atom stereocenters. The van der Waals surface area contributed by atoms with Crippen LogP contribution in [-0.4, -0.2) is 9.97 Å². The van der Waals surface area contributed by atoms with E-state index in [1.807, 2.05) is 60.7 Å². The van der Waals surface area contributed by atoms with Gasteiger partial charge in [0.05, 0.1) is 18.0 Å². The predicted molar refractivity (Wildman–Crippen MR) is 110 cm³/mol. The van der Waals surface area contributed by atoms with Gasteiger partial charge in [-0.3, -0.25) is 14.8 Å². The molecule has 0 spiro atoms. The fraction of sp³-hybridized carbons (Fsp3) is 0.125. The molecule has 4 nitrogen and oxygen atoms in total. The Bertz CT molecular complexity index is 1140. The first-order valence-corrected chi connectivity index (χ1v) is 9.00. The Morgan fingerprint density at radius 1 is 0.966 bits per heavy atom. The number of pyridine rings is 2. The van der Waals surface area contributed by atoms with Gasteiger partial charge in [0.25, 0.3) is 0 Å². The summed E-state index contributed by atoms with van der Waals surface area (Å²) in [5, 5.41) is 0. The van der Waals surface area contributed by atoms with Crippen molar-refractivity contribution in [3.8, 4) is 22.6 Å². The van der Waals surface area contributed by atoms with E-state index in [9.17, 15) is 0 Å². The molecule has 0 saturated carbocycles. The number of benzene rings is 1. The predicted octanol–water partition coefficient (Wildman–Crippen LogP) is 5.44. The van der Waals surface area contributed by atoms with Gasteiger partial charge < -0.3 is 4.98 Å². The standard InChI is InChI=1S/C24H18N4.Pt/c1-24(2,23-11-7-13-27-23)18-14-17(15-19(16-18)25-3)20-9-6-10-22(28-20)21-8-4-5-12-26-21;/h4-13,15-16H,1-2H3;/q-2;+2. The molecular weight excluding hydrogens is 539 g/mol. The van der Waals surface area contributed by atoms with Crippen LogP contribution in [0, 0.1) is 12.6 Å². The molecule has 4 rings (SSSR count). The molecule has 0 bridgehead atoms. The van der Waals surface area contributed by atoms with E-state index in [0.717, 1.165) is 33.9 Å². The van der Waals surface area contributed by atoms with E-state index in [2.05, 4.69) is 34.7 Å². The quantitative estimate of drug-likeness (QED) is 0.314. The van der Waals surface area contributed by atoms with Crippen molar-refractivity contribution in [3.05, 3.63) is 102 Å². The molecule has 0 unspecified atom stereocenters. The molecule has 0 saturated heterocycles. The molecule has 5 heteroatoms. The second-order valence-electron chi connectivity index (χ2n) is 7.05. The summed E-state index contributed by atoms with van der Waals surface area (Å²) in [6.45, 7) is 11.7. The Kier molecular flexibility index (Phi) is 6.11. The van der Waals surface area contributed by atoms with Crippen molar-refractivity contribution in [2.24, 2.45) is 0 Å². The molecule has 0 N–H and O–H groups in total. The minimum Gasteiger partial charge on any atom is -0.667 e. The van der Waals surface area contributed by atoms with Crippen LogP contribution in [0.3, 0.4) is 0 Å². The summed E-state index contributed by atoms with van der Waals surface area (Å²) in [6, 6.07) is 22.7. The number of hydrogen-bond donors (Lipinski definition) is 0. The fourth-order valence-corrected chi connectivity index (χ4v) is 3.14. The van der Waals surface area contributed by atoms with Crippen LogP contribution >= 0.6 is 0 Å². The van der Waals surface area contributed by atoms with Crippen LogP contribution in [0.4, 0.5) is 5.69 Å². The first-order chi connectivity index (χ1) is 13.6. The molecule has 0 aliphatic rings. The first kappa shape index (κ1) is 20.7. The Balaban J connectivity index is 0.00000240. The molecule has 0 aliphatic heterocycles. The third kappa shape index (κ3) is 4.21. The van der Waals surface area contributed by atoms with E-state index < -0.39 is 0 Å². The van der Waals surface area contributed by atoms with Crippen LogP contribution in [-0.2, 0) is 26.5 Å². The monoisotopic (exact) mass is 557 g/mol. The van der Waals surface area contributed by atoms with Gasteiger partial charge in [-0.1, -0.05) is 44.2 Å². The van der Waals surface area contributed by atoms with E-state index in [1.54, 1.807) is 12.4 Å². The third-order valence-corrected chi connectivity index (χ3v) is 4.80. The van der Waals surface area contributed by atoms with Crippen molar-refractivity contribution in [2.45, 2.75) is 19.3 Å². The Morgan fingerprint density at radius 3 is 2.45 bits per heavy atom. The maximum atomic E-state index is 7.52. The third-order valence-electron chi connectivity index (χ3n) is 4.80. The SMILES string of the molecule is [C-]#[N+]c1cc(-c2cccc(-c3ccccn3)n2)[c-]c(C(C)(C)c2ccc[n-]2)c1.[Pt+2]. The summed E-state index contributed by atoms with van der Waals surface area (Å²) >= 11 is 0. The smallest absolute Gasteiger partial charge is 0.667 e. The van der Waals surface area contributed by atoms with Gasteiger partial charge in [-0.15, -0.1) is 29.3 Å². The topological polar surface area (TPSA) is 44.2 Å². The van der Waals surface area contributed by atoms with Gasteiger partial charge in [-0.25, -0.2) is 0 Å². The summed E-state index contributed by atoms with van der Waals surface area (Å²) in [5.74, 6) is 0. The number of hydrogen-bond acceptors (Lipinski definition) is 2. The van der Waals surface area contributed by atoms with E-state index in [4.69, 9.17) is 11.6 Å². The van der Waals surface area contributed by atoms with Gasteiger partial charge in [-0.2, -0.15) is 11.9 Å². The maximum Gasteiger partial charge on any atom is 2.00 e.